The summed E-state index contributed by atoms with van der Waals surface area (Å²) in [6, 6.07) is -0.688. The molecule has 0 bridgehead atoms. The first-order chi connectivity index (χ1) is 12.8. The average molecular weight is 386 g/mol. The Kier molecular flexibility index (Phi) is 12.8. The fourth-order valence-corrected chi connectivity index (χ4v) is 2.76. The molecule has 156 valence electrons. The Bertz CT molecular complexity index is 498. The molecule has 9 heteroatoms. The molecule has 0 radical (unpaired) electrons. The van der Waals surface area contributed by atoms with Gasteiger partial charge in [-0.3, -0.25) is 19.2 Å². The molecule has 2 atom stereocenters. The third-order valence-corrected chi connectivity index (χ3v) is 4.21. The monoisotopic (exact) mass is 386 g/mol. The second kappa shape index (κ2) is 14.0. The number of amides is 3. The van der Waals surface area contributed by atoms with E-state index in [4.69, 9.17) is 16.2 Å². The molecular weight excluding hydrogens is 352 g/mol. The number of carbonyl (C=O) groups excluding carboxylic acids is 4. The zero-order valence-electron chi connectivity index (χ0n) is 16.7. The van der Waals surface area contributed by atoms with Gasteiger partial charge in [0.1, 0.15) is 6.04 Å². The lowest BCUT2D eigenvalue weighted by molar-refractivity contribution is -0.143. The second-order valence-electron chi connectivity index (χ2n) is 6.24. The van der Waals surface area contributed by atoms with E-state index in [9.17, 15) is 19.2 Å². The molecule has 1 saturated heterocycles. The van der Waals surface area contributed by atoms with E-state index >= 15 is 0 Å². The molecule has 27 heavy (non-hydrogen) atoms. The van der Waals surface area contributed by atoms with Crippen molar-refractivity contribution in [2.75, 3.05) is 19.7 Å². The smallest absolute Gasteiger partial charge is 0.305 e. The molecule has 0 aromatic carbocycles. The van der Waals surface area contributed by atoms with Gasteiger partial charge in [-0.1, -0.05) is 13.8 Å². The Hall–Kier alpha value is -2.16. The highest BCUT2D eigenvalue weighted by atomic mass is 16.5. The standard InChI is InChI=1S/C10H20N2O3.C8H14N2O2/c1-3-8(10(11)14)12-7-5-6-9(13)15-4-2;1-2-6(8(9)12)10-5-3-4-7(10)11/h8,12H,3-7H2,1-2H3,(H2,11,14);6H,2-5H2,1H3,(H2,9,12)/t8-;6-/m00/s1. The second-order valence-corrected chi connectivity index (χ2v) is 6.24. The predicted octanol–water partition coefficient (Wildman–Crippen LogP) is 0.0559. The quantitative estimate of drug-likeness (QED) is 0.338. The van der Waals surface area contributed by atoms with Gasteiger partial charge in [0.25, 0.3) is 0 Å². The molecule has 1 fully saturated rings. The van der Waals surface area contributed by atoms with Gasteiger partial charge in [-0.05, 0) is 39.2 Å². The maximum absolute atomic E-state index is 11.2. The minimum absolute atomic E-state index is 0.0562. The first-order valence-corrected chi connectivity index (χ1v) is 9.55. The van der Waals surface area contributed by atoms with E-state index in [1.54, 1.807) is 11.8 Å². The summed E-state index contributed by atoms with van der Waals surface area (Å²) in [5, 5.41) is 2.98. The van der Waals surface area contributed by atoms with Crippen LogP contribution >= 0.6 is 0 Å². The number of carbonyl (C=O) groups is 4. The van der Waals surface area contributed by atoms with E-state index in [1.807, 2.05) is 13.8 Å². The minimum atomic E-state index is -0.396. The van der Waals surface area contributed by atoms with E-state index < -0.39 is 5.91 Å². The number of hydrogen-bond donors (Lipinski definition) is 3. The summed E-state index contributed by atoms with van der Waals surface area (Å²) < 4.78 is 4.76. The number of nitrogens with zero attached hydrogens (tertiary/aromatic N) is 1. The minimum Gasteiger partial charge on any atom is -0.466 e. The van der Waals surface area contributed by atoms with E-state index in [1.165, 1.54) is 0 Å². The first kappa shape index (κ1) is 24.8. The highest BCUT2D eigenvalue weighted by Gasteiger charge is 2.29. The van der Waals surface area contributed by atoms with Crippen molar-refractivity contribution in [1.82, 2.24) is 10.2 Å². The molecule has 0 aromatic heterocycles. The molecule has 0 aliphatic carbocycles. The molecule has 9 nitrogen and oxygen atoms in total. The molecule has 3 amide bonds. The summed E-state index contributed by atoms with van der Waals surface area (Å²) in [5.74, 6) is -0.895. The van der Waals surface area contributed by atoms with Crippen LogP contribution in [0.5, 0.6) is 0 Å². The van der Waals surface area contributed by atoms with Gasteiger partial charge < -0.3 is 26.4 Å². The Labute approximate surface area is 161 Å². The van der Waals surface area contributed by atoms with Crippen LogP contribution < -0.4 is 16.8 Å². The summed E-state index contributed by atoms with van der Waals surface area (Å²) in [4.78, 5) is 45.5. The van der Waals surface area contributed by atoms with Crippen LogP contribution in [-0.2, 0) is 23.9 Å². The van der Waals surface area contributed by atoms with Crippen molar-refractivity contribution >= 4 is 23.7 Å². The van der Waals surface area contributed by atoms with Gasteiger partial charge in [-0.25, -0.2) is 0 Å². The molecule has 1 aliphatic heterocycles. The van der Waals surface area contributed by atoms with Crippen LogP contribution in [0, 0.1) is 0 Å². The average Bonchev–Trinajstić information content (AvgIpc) is 3.01. The van der Waals surface area contributed by atoms with Crippen molar-refractivity contribution in [3.8, 4) is 0 Å². The van der Waals surface area contributed by atoms with E-state index in [-0.39, 0.29) is 29.9 Å². The maximum atomic E-state index is 11.2. The van der Waals surface area contributed by atoms with Gasteiger partial charge in [-0.2, -0.15) is 0 Å². The van der Waals surface area contributed by atoms with Gasteiger partial charge in [0, 0.05) is 19.4 Å². The van der Waals surface area contributed by atoms with Crippen molar-refractivity contribution in [3.05, 3.63) is 0 Å². The topological polar surface area (TPSA) is 145 Å². The first-order valence-electron chi connectivity index (χ1n) is 9.55. The lowest BCUT2D eigenvalue weighted by atomic mass is 10.2. The van der Waals surface area contributed by atoms with Crippen LogP contribution in [0.4, 0.5) is 0 Å². The van der Waals surface area contributed by atoms with Crippen molar-refractivity contribution in [2.45, 2.75) is 71.4 Å². The Morgan fingerprint density at radius 3 is 2.22 bits per heavy atom. The van der Waals surface area contributed by atoms with E-state index in [2.05, 4.69) is 5.32 Å². The van der Waals surface area contributed by atoms with Gasteiger partial charge in [-0.15, -0.1) is 0 Å². The maximum Gasteiger partial charge on any atom is 0.305 e. The number of likely N-dealkylation sites (tertiary alicyclic amines) is 1. The molecule has 1 rings (SSSR count). The largest absolute Gasteiger partial charge is 0.466 e. The molecule has 1 heterocycles. The molecule has 0 aromatic rings. The third-order valence-electron chi connectivity index (χ3n) is 4.21. The fraction of sp³-hybridized carbons (Fsp3) is 0.778. The number of primary amides is 2. The van der Waals surface area contributed by atoms with Crippen LogP contribution in [0.15, 0.2) is 0 Å². The summed E-state index contributed by atoms with van der Waals surface area (Å²) in [5.41, 5.74) is 10.3. The lowest BCUT2D eigenvalue weighted by Gasteiger charge is -2.23. The molecule has 0 unspecified atom stereocenters. The number of esters is 1. The summed E-state index contributed by atoms with van der Waals surface area (Å²) in [7, 11) is 0. The number of nitrogens with two attached hydrogens (primary N) is 2. The predicted molar refractivity (Wildman–Crippen MR) is 101 cm³/mol. The highest BCUT2D eigenvalue weighted by molar-refractivity contribution is 5.87. The summed E-state index contributed by atoms with van der Waals surface area (Å²) >= 11 is 0. The summed E-state index contributed by atoms with van der Waals surface area (Å²) in [6.07, 6.45) is 3.71. The Balaban J connectivity index is 0.000000511. The van der Waals surface area contributed by atoms with E-state index in [0.29, 0.717) is 51.8 Å². The fourth-order valence-electron chi connectivity index (χ4n) is 2.76. The van der Waals surface area contributed by atoms with Crippen molar-refractivity contribution in [2.24, 2.45) is 11.5 Å². The zero-order valence-corrected chi connectivity index (χ0v) is 16.7. The van der Waals surface area contributed by atoms with Crippen molar-refractivity contribution < 1.29 is 23.9 Å². The number of ether oxygens (including phenoxy) is 1. The highest BCUT2D eigenvalue weighted by Crippen LogP contribution is 2.15. The van der Waals surface area contributed by atoms with Crippen molar-refractivity contribution in [1.29, 1.82) is 0 Å². The van der Waals surface area contributed by atoms with Crippen LogP contribution in [0.2, 0.25) is 0 Å². The van der Waals surface area contributed by atoms with Crippen LogP contribution in [-0.4, -0.2) is 60.4 Å². The van der Waals surface area contributed by atoms with Gasteiger partial charge in [0.2, 0.25) is 17.7 Å². The number of hydrogen-bond acceptors (Lipinski definition) is 6. The number of rotatable bonds is 11. The van der Waals surface area contributed by atoms with Crippen LogP contribution in [0.1, 0.15) is 59.3 Å². The summed E-state index contributed by atoms with van der Waals surface area (Å²) in [6.45, 7) is 7.21. The van der Waals surface area contributed by atoms with Crippen LogP contribution in [0.25, 0.3) is 0 Å². The Morgan fingerprint density at radius 2 is 1.81 bits per heavy atom. The molecular formula is C18H34N4O5. The molecule has 0 spiro atoms. The SMILES string of the molecule is CCOC(=O)CCCN[C@@H](CC)C(N)=O.CC[C@@H](C(N)=O)N1CCCC1=O. The lowest BCUT2D eigenvalue weighted by Crippen LogP contribution is -2.44. The van der Waals surface area contributed by atoms with Gasteiger partial charge >= 0.3 is 5.97 Å². The molecule has 5 N–H and O–H groups in total. The van der Waals surface area contributed by atoms with Crippen LogP contribution in [0.3, 0.4) is 0 Å². The van der Waals surface area contributed by atoms with Gasteiger partial charge in [0.05, 0.1) is 12.6 Å². The molecule has 1 aliphatic rings. The zero-order chi connectivity index (χ0) is 20.8. The normalized spacial score (nSPS) is 15.5. The Morgan fingerprint density at radius 1 is 1.15 bits per heavy atom. The number of nitrogens with one attached hydrogen (secondary N) is 1. The van der Waals surface area contributed by atoms with E-state index in [0.717, 1.165) is 6.42 Å². The van der Waals surface area contributed by atoms with Gasteiger partial charge in [0.15, 0.2) is 0 Å². The molecule has 0 saturated carbocycles. The third kappa shape index (κ3) is 9.93. The van der Waals surface area contributed by atoms with Crippen molar-refractivity contribution in [3.63, 3.8) is 0 Å².